The first kappa shape index (κ1) is 24.5. The van der Waals surface area contributed by atoms with E-state index >= 15 is 0 Å². The summed E-state index contributed by atoms with van der Waals surface area (Å²) in [5.41, 5.74) is 0.750. The number of carbonyl (C=O) groups is 1. The van der Waals surface area contributed by atoms with E-state index in [0.717, 1.165) is 36.1 Å². The smallest absolute Gasteiger partial charge is 0.356 e. The number of nitrogens with zero attached hydrogens (tertiary/aromatic N) is 3. The summed E-state index contributed by atoms with van der Waals surface area (Å²) < 4.78 is 40.5. The lowest BCUT2D eigenvalue weighted by atomic mass is 10.0. The number of piperidine rings is 1. The Morgan fingerprint density at radius 2 is 1.74 bits per heavy atom. The minimum absolute atomic E-state index is 0.0163. The molecule has 0 bridgehead atoms. The number of aryl methyl sites for hydroxylation is 1. The van der Waals surface area contributed by atoms with Gasteiger partial charge in [0, 0.05) is 37.2 Å². The number of rotatable bonds is 5. The normalized spacial score (nSPS) is 14.7. The van der Waals surface area contributed by atoms with Crippen LogP contribution in [0.25, 0.3) is 17.1 Å². The Bertz CT molecular complexity index is 1260. The third-order valence-corrected chi connectivity index (χ3v) is 6.25. The van der Waals surface area contributed by atoms with Gasteiger partial charge in [0.2, 0.25) is 5.91 Å². The van der Waals surface area contributed by atoms with E-state index in [0.29, 0.717) is 36.8 Å². The van der Waals surface area contributed by atoms with E-state index in [1.54, 1.807) is 0 Å². The molecule has 2 heterocycles. The van der Waals surface area contributed by atoms with Gasteiger partial charge in [-0.3, -0.25) is 14.2 Å². The van der Waals surface area contributed by atoms with E-state index < -0.39 is 11.7 Å². The van der Waals surface area contributed by atoms with Crippen molar-refractivity contribution in [2.75, 3.05) is 18.0 Å². The Morgan fingerprint density at radius 3 is 2.34 bits per heavy atom. The van der Waals surface area contributed by atoms with Crippen LogP contribution in [-0.4, -0.2) is 34.6 Å². The molecule has 0 atom stereocenters. The maximum atomic E-state index is 13.3. The van der Waals surface area contributed by atoms with Gasteiger partial charge >= 0.3 is 6.18 Å². The molecule has 2 aromatic carbocycles. The Morgan fingerprint density at radius 1 is 1.09 bits per heavy atom. The number of hydrogen-bond acceptors (Lipinski definition) is 4. The second kappa shape index (κ2) is 9.93. The molecule has 0 saturated carbocycles. The van der Waals surface area contributed by atoms with E-state index in [1.807, 2.05) is 43.0 Å². The Kier molecular flexibility index (Phi) is 6.95. The molecule has 1 saturated heterocycles. The second-order valence-electron chi connectivity index (χ2n) is 8.65. The molecule has 0 spiro atoms. The fourth-order valence-electron chi connectivity index (χ4n) is 4.27. The van der Waals surface area contributed by atoms with Gasteiger partial charge in [0.1, 0.15) is 11.6 Å². The van der Waals surface area contributed by atoms with Crippen LogP contribution in [0, 0.1) is 6.92 Å². The van der Waals surface area contributed by atoms with Crippen LogP contribution in [0.3, 0.4) is 0 Å². The van der Waals surface area contributed by atoms with Crippen LogP contribution in [0.4, 0.5) is 19.0 Å². The number of nitrogens with one attached hydrogen (secondary N) is 1. The molecule has 0 aliphatic carbocycles. The van der Waals surface area contributed by atoms with Crippen molar-refractivity contribution >= 4 is 11.7 Å². The number of anilines is 1. The minimum Gasteiger partial charge on any atom is -0.356 e. The number of amides is 1. The topological polar surface area (TPSA) is 67.2 Å². The van der Waals surface area contributed by atoms with E-state index in [-0.39, 0.29) is 17.5 Å². The highest BCUT2D eigenvalue weighted by molar-refractivity contribution is 5.75. The predicted octanol–water partition coefficient (Wildman–Crippen LogP) is 4.72. The van der Waals surface area contributed by atoms with Crippen molar-refractivity contribution in [3.63, 3.8) is 0 Å². The summed E-state index contributed by atoms with van der Waals surface area (Å²) in [7, 11) is 0. The molecule has 1 aliphatic heterocycles. The van der Waals surface area contributed by atoms with Crippen LogP contribution in [0.5, 0.6) is 0 Å². The summed E-state index contributed by atoms with van der Waals surface area (Å²) in [6, 6.07) is 13.5. The largest absolute Gasteiger partial charge is 0.416 e. The molecule has 3 aromatic rings. The number of carbonyl (C=O) groups excluding carboxylic acids is 1. The van der Waals surface area contributed by atoms with Crippen molar-refractivity contribution in [1.82, 2.24) is 14.9 Å². The lowest BCUT2D eigenvalue weighted by Gasteiger charge is -2.33. The van der Waals surface area contributed by atoms with E-state index in [4.69, 9.17) is 4.98 Å². The number of hydrogen-bond donors (Lipinski definition) is 1. The zero-order valence-electron chi connectivity index (χ0n) is 19.6. The molecular formula is C26H27F3N4O2. The summed E-state index contributed by atoms with van der Waals surface area (Å²) in [5.74, 6) is 0.894. The quantitative estimate of drug-likeness (QED) is 0.569. The van der Waals surface area contributed by atoms with Crippen LogP contribution >= 0.6 is 0 Å². The summed E-state index contributed by atoms with van der Waals surface area (Å²) in [5, 5.41) is 3.01. The summed E-state index contributed by atoms with van der Waals surface area (Å²) in [6.45, 7) is 4.96. The first-order chi connectivity index (χ1) is 16.7. The van der Waals surface area contributed by atoms with Crippen LogP contribution < -0.4 is 15.8 Å². The molecule has 6 nitrogen and oxygen atoms in total. The van der Waals surface area contributed by atoms with Gasteiger partial charge in [-0.25, -0.2) is 4.98 Å². The molecule has 0 radical (unpaired) electrons. The van der Waals surface area contributed by atoms with Crippen LogP contribution in [0.2, 0.25) is 0 Å². The standard InChI is InChI=1S/C26H27F3N4O2/c1-3-23(34)30-19-12-14-32(15-13-19)22-16-24(35)33(20-10-8-18(9-11-20)26(27,28)29)25(31-22)21-7-5-4-6-17(21)2/h4-11,16,19H,3,12-15H2,1-2H3,(H,30,34). The van der Waals surface area contributed by atoms with Crippen molar-refractivity contribution < 1.29 is 18.0 Å². The van der Waals surface area contributed by atoms with Crippen LogP contribution in [0.15, 0.2) is 59.4 Å². The summed E-state index contributed by atoms with van der Waals surface area (Å²) in [4.78, 5) is 31.9. The fraction of sp³-hybridized carbons (Fsp3) is 0.346. The average molecular weight is 485 g/mol. The highest BCUT2D eigenvalue weighted by Crippen LogP contribution is 2.31. The van der Waals surface area contributed by atoms with Crippen molar-refractivity contribution in [1.29, 1.82) is 0 Å². The van der Waals surface area contributed by atoms with Gasteiger partial charge in [-0.05, 0) is 49.6 Å². The van der Waals surface area contributed by atoms with Crippen molar-refractivity contribution in [2.24, 2.45) is 0 Å². The summed E-state index contributed by atoms with van der Waals surface area (Å²) >= 11 is 0. The SMILES string of the molecule is CCC(=O)NC1CCN(c2cc(=O)n(-c3ccc(C(F)(F)F)cc3)c(-c3ccccc3C)n2)CC1. The predicted molar refractivity (Wildman–Crippen MR) is 129 cm³/mol. The molecule has 9 heteroatoms. The van der Waals surface area contributed by atoms with Gasteiger partial charge in [-0.1, -0.05) is 31.2 Å². The van der Waals surface area contributed by atoms with Crippen LogP contribution in [-0.2, 0) is 11.0 Å². The number of benzene rings is 2. The lowest BCUT2D eigenvalue weighted by molar-refractivity contribution is -0.137. The molecule has 1 aromatic heterocycles. The molecule has 1 fully saturated rings. The number of alkyl halides is 3. The highest BCUT2D eigenvalue weighted by atomic mass is 19.4. The Labute approximate surface area is 201 Å². The van der Waals surface area contributed by atoms with Crippen molar-refractivity contribution in [3.05, 3.63) is 76.1 Å². The maximum absolute atomic E-state index is 13.3. The van der Waals surface area contributed by atoms with Gasteiger partial charge in [-0.2, -0.15) is 13.2 Å². The van der Waals surface area contributed by atoms with Gasteiger partial charge in [0.05, 0.1) is 11.3 Å². The molecule has 184 valence electrons. The number of halogens is 3. The van der Waals surface area contributed by atoms with Crippen molar-refractivity contribution in [2.45, 2.75) is 45.3 Å². The molecule has 1 aliphatic rings. The van der Waals surface area contributed by atoms with Gasteiger partial charge in [0.25, 0.3) is 5.56 Å². The molecule has 1 amide bonds. The number of aromatic nitrogens is 2. The second-order valence-corrected chi connectivity index (χ2v) is 8.65. The van der Waals surface area contributed by atoms with Crippen molar-refractivity contribution in [3.8, 4) is 17.1 Å². The molecule has 1 N–H and O–H groups in total. The van der Waals surface area contributed by atoms with E-state index in [9.17, 15) is 22.8 Å². The first-order valence-electron chi connectivity index (χ1n) is 11.6. The third-order valence-electron chi connectivity index (χ3n) is 6.25. The molecule has 4 rings (SSSR count). The van der Waals surface area contributed by atoms with Crippen LogP contribution in [0.1, 0.15) is 37.3 Å². The van der Waals surface area contributed by atoms with Gasteiger partial charge < -0.3 is 10.2 Å². The molecule has 35 heavy (non-hydrogen) atoms. The Balaban J connectivity index is 1.73. The zero-order chi connectivity index (χ0) is 25.2. The highest BCUT2D eigenvalue weighted by Gasteiger charge is 2.30. The van der Waals surface area contributed by atoms with E-state index in [1.165, 1.54) is 22.8 Å². The lowest BCUT2D eigenvalue weighted by Crippen LogP contribution is -2.45. The van der Waals surface area contributed by atoms with E-state index in [2.05, 4.69) is 5.32 Å². The molecular weight excluding hydrogens is 457 g/mol. The van der Waals surface area contributed by atoms with Gasteiger partial charge in [-0.15, -0.1) is 0 Å². The summed E-state index contributed by atoms with van der Waals surface area (Å²) in [6.07, 6.45) is -2.57. The first-order valence-corrected chi connectivity index (χ1v) is 11.6. The Hall–Kier alpha value is -3.62. The van der Waals surface area contributed by atoms with Gasteiger partial charge in [0.15, 0.2) is 0 Å². The minimum atomic E-state index is -4.47. The monoisotopic (exact) mass is 484 g/mol. The fourth-order valence-corrected chi connectivity index (χ4v) is 4.27. The maximum Gasteiger partial charge on any atom is 0.416 e. The zero-order valence-corrected chi connectivity index (χ0v) is 19.6. The average Bonchev–Trinajstić information content (AvgIpc) is 2.84. The third kappa shape index (κ3) is 5.39. The molecule has 0 unspecified atom stereocenters.